The molecule has 2 heterocycles. The summed E-state index contributed by atoms with van der Waals surface area (Å²) in [5.74, 6) is 0.174. The van der Waals surface area contributed by atoms with Gasteiger partial charge in [0.05, 0.1) is 12.2 Å². The summed E-state index contributed by atoms with van der Waals surface area (Å²) >= 11 is 0. The molecule has 1 fully saturated rings. The fraction of sp³-hybridized carbons (Fsp3) is 0.560. The van der Waals surface area contributed by atoms with E-state index in [1.165, 1.54) is 17.0 Å². The van der Waals surface area contributed by atoms with E-state index < -0.39 is 22.9 Å². The number of nitrogens with zero attached hydrogens (tertiary/aromatic N) is 2. The van der Waals surface area contributed by atoms with Crippen molar-refractivity contribution in [3.8, 4) is 5.75 Å². The zero-order valence-corrected chi connectivity index (χ0v) is 20.5. The predicted molar refractivity (Wildman–Crippen MR) is 124 cm³/mol. The maximum absolute atomic E-state index is 13.4. The normalized spacial score (nSPS) is 16.0. The molecule has 7 nitrogen and oxygen atoms in total. The molecule has 1 aromatic heterocycles. The topological polar surface area (TPSA) is 80.1 Å². The highest BCUT2D eigenvalue weighted by Gasteiger charge is 2.49. The second-order valence-electron chi connectivity index (χ2n) is 9.10. The highest BCUT2D eigenvalue weighted by Crippen LogP contribution is 2.37. The molecule has 0 bridgehead atoms. The van der Waals surface area contributed by atoms with E-state index >= 15 is 0 Å². The standard InChI is InChI=1S/C25H31F3N2O5/c1-5-10-17-19(12-11-16-18(25(26,27)28)15-20(31)35-21(16)17)34-14-9-7-8-13-29-22(32)24(3,4)30(6-2)23(29)33/h11-12,15H,5-10,13-14H2,1-4H3. The minimum atomic E-state index is -4.68. The molecule has 1 saturated heterocycles. The number of carbonyl (C=O) groups is 2. The molecule has 1 aliphatic rings. The molecule has 0 unspecified atom stereocenters. The molecule has 2 aromatic rings. The number of ether oxygens (including phenoxy) is 1. The summed E-state index contributed by atoms with van der Waals surface area (Å²) < 4.78 is 51.3. The molecule has 0 radical (unpaired) electrons. The molecule has 3 rings (SSSR count). The zero-order chi connectivity index (χ0) is 26.0. The van der Waals surface area contributed by atoms with E-state index in [0.717, 1.165) is 0 Å². The van der Waals surface area contributed by atoms with Gasteiger partial charge in [-0.05, 0) is 58.6 Å². The van der Waals surface area contributed by atoms with Crippen LogP contribution in [-0.2, 0) is 17.4 Å². The number of alkyl halides is 3. The smallest absolute Gasteiger partial charge is 0.417 e. The first-order chi connectivity index (χ1) is 16.4. The van der Waals surface area contributed by atoms with Gasteiger partial charge < -0.3 is 14.1 Å². The number of imide groups is 1. The van der Waals surface area contributed by atoms with E-state index in [0.29, 0.717) is 69.2 Å². The van der Waals surface area contributed by atoms with Crippen molar-refractivity contribution in [1.29, 1.82) is 0 Å². The van der Waals surface area contributed by atoms with E-state index in [2.05, 4.69) is 0 Å². The first-order valence-corrected chi connectivity index (χ1v) is 11.9. The van der Waals surface area contributed by atoms with Gasteiger partial charge in [0.15, 0.2) is 0 Å². The van der Waals surface area contributed by atoms with Crippen molar-refractivity contribution in [3.63, 3.8) is 0 Å². The van der Waals surface area contributed by atoms with Crippen LogP contribution in [0.15, 0.2) is 27.4 Å². The molecule has 35 heavy (non-hydrogen) atoms. The van der Waals surface area contributed by atoms with Crippen LogP contribution in [0.2, 0.25) is 0 Å². The first kappa shape index (κ1) is 26.6. The molecule has 0 aliphatic carbocycles. The molecule has 0 saturated carbocycles. The third-order valence-electron chi connectivity index (χ3n) is 6.28. The van der Waals surface area contributed by atoms with Gasteiger partial charge in [0, 0.05) is 30.1 Å². The lowest BCUT2D eigenvalue weighted by Crippen LogP contribution is -2.43. The number of unbranched alkanes of at least 4 members (excludes halogenated alkanes) is 2. The van der Waals surface area contributed by atoms with Crippen molar-refractivity contribution >= 4 is 22.9 Å². The third-order valence-corrected chi connectivity index (χ3v) is 6.28. The van der Waals surface area contributed by atoms with Crippen molar-refractivity contribution in [1.82, 2.24) is 9.80 Å². The summed E-state index contributed by atoms with van der Waals surface area (Å²) in [5.41, 5.74) is -2.60. The van der Waals surface area contributed by atoms with Crippen LogP contribution < -0.4 is 10.4 Å². The number of fused-ring (bicyclic) bond motifs is 1. The van der Waals surface area contributed by atoms with E-state index in [4.69, 9.17) is 9.15 Å². The Bertz CT molecular complexity index is 1160. The summed E-state index contributed by atoms with van der Waals surface area (Å²) in [7, 11) is 0. The Kier molecular flexibility index (Phi) is 7.81. The van der Waals surface area contributed by atoms with E-state index in [-0.39, 0.29) is 22.9 Å². The van der Waals surface area contributed by atoms with Gasteiger partial charge in [-0.3, -0.25) is 9.69 Å². The lowest BCUT2D eigenvalue weighted by molar-refractivity contribution is -0.136. The number of benzene rings is 1. The maximum Gasteiger partial charge on any atom is 0.417 e. The number of aryl methyl sites for hydroxylation is 1. The van der Waals surface area contributed by atoms with Crippen LogP contribution in [0.5, 0.6) is 5.75 Å². The lowest BCUT2D eigenvalue weighted by Gasteiger charge is -2.25. The second-order valence-corrected chi connectivity index (χ2v) is 9.10. The van der Waals surface area contributed by atoms with Crippen molar-refractivity contribution in [2.75, 3.05) is 19.7 Å². The van der Waals surface area contributed by atoms with Gasteiger partial charge in [0.2, 0.25) is 0 Å². The average Bonchev–Trinajstić information content (AvgIpc) is 2.94. The van der Waals surface area contributed by atoms with Crippen LogP contribution in [0, 0.1) is 0 Å². The molecular formula is C25H31F3N2O5. The van der Waals surface area contributed by atoms with Gasteiger partial charge in [-0.15, -0.1) is 0 Å². The number of rotatable bonds is 10. The van der Waals surface area contributed by atoms with Crippen molar-refractivity contribution in [2.24, 2.45) is 0 Å². The Morgan fingerprint density at radius 1 is 1.06 bits per heavy atom. The van der Waals surface area contributed by atoms with Crippen LogP contribution in [0.1, 0.15) is 64.5 Å². The first-order valence-electron chi connectivity index (χ1n) is 11.9. The predicted octanol–water partition coefficient (Wildman–Crippen LogP) is 5.38. The quantitative estimate of drug-likeness (QED) is 0.251. The monoisotopic (exact) mass is 496 g/mol. The number of carbonyl (C=O) groups excluding carboxylic acids is 2. The van der Waals surface area contributed by atoms with Crippen LogP contribution in [0.3, 0.4) is 0 Å². The Balaban J connectivity index is 1.64. The average molecular weight is 497 g/mol. The van der Waals surface area contributed by atoms with Crippen molar-refractivity contribution in [2.45, 2.75) is 71.5 Å². The molecule has 1 aromatic carbocycles. The number of urea groups is 1. The number of halogens is 3. The second kappa shape index (κ2) is 10.3. The van der Waals surface area contributed by atoms with Crippen LogP contribution >= 0.6 is 0 Å². The highest BCUT2D eigenvalue weighted by atomic mass is 19.4. The molecular weight excluding hydrogens is 465 g/mol. The molecule has 0 atom stereocenters. The summed E-state index contributed by atoms with van der Waals surface area (Å²) in [6.45, 7) is 8.25. The Hall–Kier alpha value is -3.04. The fourth-order valence-corrected chi connectivity index (χ4v) is 4.50. The number of amides is 3. The third kappa shape index (κ3) is 5.31. The number of likely N-dealkylation sites (N-methyl/N-ethyl adjacent to an activating group) is 1. The summed E-state index contributed by atoms with van der Waals surface area (Å²) in [4.78, 5) is 39.7. The van der Waals surface area contributed by atoms with Crippen molar-refractivity contribution in [3.05, 3.63) is 39.7 Å². The number of hydrogen-bond acceptors (Lipinski definition) is 5. The molecule has 0 N–H and O–H groups in total. The summed E-state index contributed by atoms with van der Waals surface area (Å²) in [6.07, 6.45) is -1.75. The minimum absolute atomic E-state index is 0.0988. The Morgan fingerprint density at radius 3 is 2.37 bits per heavy atom. The van der Waals surface area contributed by atoms with Gasteiger partial charge in [-0.1, -0.05) is 13.3 Å². The van der Waals surface area contributed by atoms with Crippen LogP contribution in [-0.4, -0.2) is 47.0 Å². The van der Waals surface area contributed by atoms with E-state index in [1.807, 2.05) is 13.8 Å². The van der Waals surface area contributed by atoms with Gasteiger partial charge >= 0.3 is 17.8 Å². The Morgan fingerprint density at radius 2 is 1.77 bits per heavy atom. The summed E-state index contributed by atoms with van der Waals surface area (Å²) in [6, 6.07) is 2.93. The molecule has 3 amide bonds. The summed E-state index contributed by atoms with van der Waals surface area (Å²) in [5, 5.41) is -0.170. The molecule has 1 aliphatic heterocycles. The number of hydrogen-bond donors (Lipinski definition) is 0. The van der Waals surface area contributed by atoms with E-state index in [9.17, 15) is 27.6 Å². The zero-order valence-electron chi connectivity index (χ0n) is 20.5. The van der Waals surface area contributed by atoms with Gasteiger partial charge in [0.25, 0.3) is 5.91 Å². The van der Waals surface area contributed by atoms with Crippen molar-refractivity contribution < 1.29 is 31.9 Å². The Labute approximate surface area is 201 Å². The molecule has 10 heteroatoms. The largest absolute Gasteiger partial charge is 0.493 e. The van der Waals surface area contributed by atoms with Crippen LogP contribution in [0.25, 0.3) is 11.0 Å². The van der Waals surface area contributed by atoms with Gasteiger partial charge in [0.1, 0.15) is 16.9 Å². The van der Waals surface area contributed by atoms with Gasteiger partial charge in [-0.25, -0.2) is 9.59 Å². The minimum Gasteiger partial charge on any atom is -0.493 e. The molecule has 0 spiro atoms. The van der Waals surface area contributed by atoms with Gasteiger partial charge in [-0.2, -0.15) is 13.2 Å². The lowest BCUT2D eigenvalue weighted by atomic mass is 10.0. The van der Waals surface area contributed by atoms with E-state index in [1.54, 1.807) is 18.7 Å². The van der Waals surface area contributed by atoms with Crippen LogP contribution in [0.4, 0.5) is 18.0 Å². The SMILES string of the molecule is CCCc1c(OCCCCCN2C(=O)N(CC)C(C)(C)C2=O)ccc2c(C(F)(F)F)cc(=O)oc12. The fourth-order valence-electron chi connectivity index (χ4n) is 4.50. The highest BCUT2D eigenvalue weighted by molar-refractivity contribution is 6.06. The maximum atomic E-state index is 13.4. The molecule has 192 valence electrons.